The predicted octanol–water partition coefficient (Wildman–Crippen LogP) is 4.59. The largest absolute Gasteiger partial charge is 0.434 e. The Morgan fingerprint density at radius 1 is 1.18 bits per heavy atom. The van der Waals surface area contributed by atoms with Crippen LogP contribution in [0, 0.1) is 0 Å². The van der Waals surface area contributed by atoms with E-state index < -0.39 is 0 Å². The van der Waals surface area contributed by atoms with Crippen molar-refractivity contribution < 1.29 is 9.21 Å². The second kappa shape index (κ2) is 6.75. The third-order valence-electron chi connectivity index (χ3n) is 4.21. The van der Waals surface area contributed by atoms with Crippen molar-refractivity contribution >= 4 is 34.2 Å². The van der Waals surface area contributed by atoms with E-state index in [2.05, 4.69) is 25.5 Å². The van der Waals surface area contributed by atoms with E-state index in [0.717, 1.165) is 11.1 Å². The number of carbonyl (C=O) groups excluding carboxylic acids is 1. The summed E-state index contributed by atoms with van der Waals surface area (Å²) >= 11 is 1.48. The van der Waals surface area contributed by atoms with Gasteiger partial charge >= 0.3 is 0 Å². The molecule has 136 valence electrons. The van der Waals surface area contributed by atoms with Crippen molar-refractivity contribution in [3.63, 3.8) is 0 Å². The lowest BCUT2D eigenvalue weighted by Crippen LogP contribution is -2.10. The Kier molecular flexibility index (Phi) is 3.95. The summed E-state index contributed by atoms with van der Waals surface area (Å²) in [6, 6.07) is 12.9. The summed E-state index contributed by atoms with van der Waals surface area (Å²) in [6.45, 7) is 0. The smallest absolute Gasteiger partial charge is 0.256 e. The Balaban J connectivity index is 1.49. The van der Waals surface area contributed by atoms with E-state index in [0.29, 0.717) is 34.1 Å². The normalized spacial score (nSPS) is 11.0. The number of rotatable bonds is 4. The molecule has 0 aliphatic heterocycles. The second-order valence-corrected chi connectivity index (χ2v) is 6.82. The number of oxazole rings is 1. The lowest BCUT2D eigenvalue weighted by Gasteiger charge is -2.06. The number of anilines is 1. The van der Waals surface area contributed by atoms with Crippen LogP contribution in [0.4, 0.5) is 5.69 Å². The quantitative estimate of drug-likeness (QED) is 0.470. The minimum atomic E-state index is -0.148. The summed E-state index contributed by atoms with van der Waals surface area (Å²) in [5.74, 6) is 0.288. The number of pyridine rings is 1. The van der Waals surface area contributed by atoms with Crippen molar-refractivity contribution in [2.45, 2.75) is 0 Å². The van der Waals surface area contributed by atoms with Gasteiger partial charge in [0.25, 0.3) is 5.91 Å². The summed E-state index contributed by atoms with van der Waals surface area (Å²) in [5, 5.41) is 13.8. The minimum absolute atomic E-state index is 0.148. The highest BCUT2D eigenvalue weighted by molar-refractivity contribution is 7.08. The molecule has 4 aromatic heterocycles. The van der Waals surface area contributed by atoms with E-state index in [1.54, 1.807) is 24.5 Å². The summed E-state index contributed by atoms with van der Waals surface area (Å²) in [6.07, 6.45) is 3.40. The van der Waals surface area contributed by atoms with E-state index >= 15 is 0 Å². The molecule has 5 rings (SSSR count). The number of nitrogens with one attached hydrogen (secondary N) is 2. The first-order chi connectivity index (χ1) is 13.8. The van der Waals surface area contributed by atoms with Gasteiger partial charge in [0.2, 0.25) is 5.89 Å². The molecule has 0 aliphatic carbocycles. The fraction of sp³-hybridized carbons (Fsp3) is 0. The topological polar surface area (TPSA) is 96.7 Å². The molecule has 0 saturated carbocycles. The molecule has 2 N–H and O–H groups in total. The number of aromatic nitrogens is 4. The second-order valence-electron chi connectivity index (χ2n) is 6.04. The molecule has 0 atom stereocenters. The first kappa shape index (κ1) is 16.4. The van der Waals surface area contributed by atoms with Crippen LogP contribution in [0.25, 0.3) is 33.9 Å². The van der Waals surface area contributed by atoms with Crippen LogP contribution in [0.3, 0.4) is 0 Å². The van der Waals surface area contributed by atoms with Gasteiger partial charge in [-0.3, -0.25) is 9.89 Å². The number of nitrogens with zero attached hydrogens (tertiary/aromatic N) is 3. The van der Waals surface area contributed by atoms with E-state index in [1.165, 1.54) is 11.3 Å². The van der Waals surface area contributed by atoms with Crippen LogP contribution >= 0.6 is 11.3 Å². The fourth-order valence-electron chi connectivity index (χ4n) is 2.90. The zero-order chi connectivity index (χ0) is 18.9. The molecule has 8 heteroatoms. The molecular weight excluding hydrogens is 374 g/mol. The van der Waals surface area contributed by atoms with Crippen LogP contribution in [0.1, 0.15) is 10.4 Å². The monoisotopic (exact) mass is 387 g/mol. The van der Waals surface area contributed by atoms with Gasteiger partial charge in [-0.1, -0.05) is 12.1 Å². The molecule has 0 unspecified atom stereocenters. The highest BCUT2D eigenvalue weighted by Gasteiger charge is 2.17. The number of H-pyrrole nitrogens is 1. The van der Waals surface area contributed by atoms with Crippen molar-refractivity contribution in [2.75, 3.05) is 5.32 Å². The number of aromatic amines is 1. The van der Waals surface area contributed by atoms with Gasteiger partial charge in [0.15, 0.2) is 11.2 Å². The highest BCUT2D eigenvalue weighted by atomic mass is 32.1. The Bertz CT molecular complexity index is 1240. The molecule has 1 aromatic carbocycles. The van der Waals surface area contributed by atoms with E-state index in [-0.39, 0.29) is 5.91 Å². The number of hydrogen-bond donors (Lipinski definition) is 2. The lowest BCUT2D eigenvalue weighted by molar-refractivity contribution is 0.102. The van der Waals surface area contributed by atoms with Crippen LogP contribution in [0.2, 0.25) is 0 Å². The first-order valence-electron chi connectivity index (χ1n) is 8.47. The van der Waals surface area contributed by atoms with Crippen LogP contribution in [-0.4, -0.2) is 26.1 Å². The number of hydrogen-bond acceptors (Lipinski definition) is 6. The van der Waals surface area contributed by atoms with Gasteiger partial charge < -0.3 is 9.73 Å². The van der Waals surface area contributed by atoms with Crippen LogP contribution in [0.5, 0.6) is 0 Å². The molecule has 0 radical (unpaired) electrons. The van der Waals surface area contributed by atoms with Crippen molar-refractivity contribution in [1.82, 2.24) is 20.2 Å². The summed E-state index contributed by atoms with van der Waals surface area (Å²) in [5.41, 5.74) is 4.70. The number of fused-ring (bicyclic) bond motifs is 1. The maximum absolute atomic E-state index is 12.3. The molecule has 1 amide bonds. The Morgan fingerprint density at radius 3 is 3.00 bits per heavy atom. The average molecular weight is 387 g/mol. The van der Waals surface area contributed by atoms with Crippen molar-refractivity contribution in [1.29, 1.82) is 0 Å². The highest BCUT2D eigenvalue weighted by Crippen LogP contribution is 2.32. The number of thiophene rings is 1. The van der Waals surface area contributed by atoms with Crippen LogP contribution in [-0.2, 0) is 0 Å². The van der Waals surface area contributed by atoms with Gasteiger partial charge in [0.1, 0.15) is 5.69 Å². The minimum Gasteiger partial charge on any atom is -0.434 e. The summed E-state index contributed by atoms with van der Waals surface area (Å²) in [7, 11) is 0. The molecule has 0 fully saturated rings. The molecule has 0 saturated heterocycles. The Hall–Kier alpha value is -3.78. The molecule has 5 aromatic rings. The van der Waals surface area contributed by atoms with Gasteiger partial charge in [-0.2, -0.15) is 21.4 Å². The number of carbonyl (C=O) groups is 1. The lowest BCUT2D eigenvalue weighted by atomic mass is 10.1. The fourth-order valence-corrected chi connectivity index (χ4v) is 3.53. The third-order valence-corrected chi connectivity index (χ3v) is 4.90. The summed E-state index contributed by atoms with van der Waals surface area (Å²) < 4.78 is 5.82. The van der Waals surface area contributed by atoms with Gasteiger partial charge in [-0.25, -0.2) is 4.98 Å². The Labute approximate surface area is 163 Å². The molecular formula is C20H13N5O2S. The van der Waals surface area contributed by atoms with E-state index in [4.69, 9.17) is 4.42 Å². The van der Waals surface area contributed by atoms with Gasteiger partial charge in [-0.05, 0) is 35.7 Å². The van der Waals surface area contributed by atoms with E-state index in [9.17, 15) is 4.79 Å². The number of benzene rings is 1. The van der Waals surface area contributed by atoms with Crippen LogP contribution < -0.4 is 5.32 Å². The summed E-state index contributed by atoms with van der Waals surface area (Å²) in [4.78, 5) is 20.9. The van der Waals surface area contributed by atoms with Crippen molar-refractivity contribution in [2.24, 2.45) is 0 Å². The van der Waals surface area contributed by atoms with Crippen molar-refractivity contribution in [3.05, 3.63) is 71.2 Å². The van der Waals surface area contributed by atoms with Crippen molar-refractivity contribution in [3.8, 4) is 22.7 Å². The van der Waals surface area contributed by atoms with Crippen LogP contribution in [0.15, 0.2) is 70.0 Å². The molecule has 7 nitrogen and oxygen atoms in total. The van der Waals surface area contributed by atoms with Gasteiger partial charge in [0.05, 0.1) is 11.1 Å². The SMILES string of the molecule is O=C(Nc1cccc(-c2n[nH]cc2-c2nc3ncccc3o2)c1)c1ccsc1. The number of amides is 1. The predicted molar refractivity (Wildman–Crippen MR) is 107 cm³/mol. The van der Waals surface area contributed by atoms with Gasteiger partial charge in [-0.15, -0.1) is 0 Å². The van der Waals surface area contributed by atoms with Gasteiger partial charge in [0, 0.05) is 29.0 Å². The van der Waals surface area contributed by atoms with E-state index in [1.807, 2.05) is 41.1 Å². The molecule has 0 bridgehead atoms. The maximum atomic E-state index is 12.3. The maximum Gasteiger partial charge on any atom is 0.256 e. The standard InChI is InChI=1S/C20H13N5O2S/c26-19(13-6-8-28-11-13)23-14-4-1-3-12(9-14)17-15(10-22-25-17)20-24-18-16(27-20)5-2-7-21-18/h1-11H,(H,22,25)(H,23,26). The zero-order valence-electron chi connectivity index (χ0n) is 14.4. The average Bonchev–Trinajstić information content (AvgIpc) is 3.48. The molecule has 4 heterocycles. The molecule has 0 aliphatic rings. The molecule has 28 heavy (non-hydrogen) atoms. The Morgan fingerprint density at radius 2 is 2.14 bits per heavy atom. The third kappa shape index (κ3) is 2.95. The molecule has 0 spiro atoms. The first-order valence-corrected chi connectivity index (χ1v) is 9.42. The zero-order valence-corrected chi connectivity index (χ0v) is 15.2.